The number of hydrogen-bond donors (Lipinski definition) is 7. The Bertz CT molecular complexity index is 1370. The van der Waals surface area contributed by atoms with Gasteiger partial charge < -0.3 is 64.2 Å². The zero-order chi connectivity index (χ0) is 47.5. The lowest BCUT2D eigenvalue weighted by Crippen LogP contribution is -2.61. The highest BCUT2D eigenvalue weighted by atomic mass is 16.7. The van der Waals surface area contributed by atoms with Crippen molar-refractivity contribution in [1.82, 2.24) is 0 Å². The van der Waals surface area contributed by atoms with Gasteiger partial charge in [0.05, 0.1) is 19.8 Å². The highest BCUT2D eigenvalue weighted by molar-refractivity contribution is 5.70. The molecular weight excluding hydrogens is 841 g/mol. The lowest BCUT2D eigenvalue weighted by Gasteiger charge is -2.42. The van der Waals surface area contributed by atoms with Crippen LogP contribution in [0, 0.1) is 0 Å². The molecule has 2 fully saturated rings. The van der Waals surface area contributed by atoms with Crippen molar-refractivity contribution in [3.8, 4) is 0 Å². The largest absolute Gasteiger partial charge is 0.462 e. The molecule has 0 aliphatic carbocycles. The third-order valence-electron chi connectivity index (χ3n) is 11.3. The summed E-state index contributed by atoms with van der Waals surface area (Å²) < 4.78 is 33.4. The molecule has 5 unspecified atom stereocenters. The van der Waals surface area contributed by atoms with E-state index in [9.17, 15) is 45.3 Å². The van der Waals surface area contributed by atoms with Crippen LogP contribution in [0.1, 0.15) is 149 Å². The summed E-state index contributed by atoms with van der Waals surface area (Å²) in [5.74, 6) is -0.986. The van der Waals surface area contributed by atoms with E-state index in [1.807, 2.05) is 36.5 Å². The molecule has 0 amide bonds. The molecule has 2 aliphatic rings. The van der Waals surface area contributed by atoms with Gasteiger partial charge in [-0.1, -0.05) is 139 Å². The van der Waals surface area contributed by atoms with E-state index in [0.717, 1.165) is 64.2 Å². The third kappa shape index (κ3) is 25.8. The Morgan fingerprint density at radius 1 is 0.508 bits per heavy atom. The first-order chi connectivity index (χ1) is 31.5. The first-order valence-corrected chi connectivity index (χ1v) is 24.4. The molecule has 0 bridgehead atoms. The number of carbonyl (C=O) groups is 2. The van der Waals surface area contributed by atoms with Crippen molar-refractivity contribution in [3.05, 3.63) is 60.8 Å². The van der Waals surface area contributed by atoms with Crippen LogP contribution < -0.4 is 0 Å². The summed E-state index contributed by atoms with van der Waals surface area (Å²) in [6, 6.07) is 0. The number of hydrogen-bond acceptors (Lipinski definition) is 15. The van der Waals surface area contributed by atoms with Gasteiger partial charge in [0.1, 0.15) is 55.4 Å². The topological polar surface area (TPSA) is 231 Å². The molecule has 2 aliphatic heterocycles. The van der Waals surface area contributed by atoms with E-state index in [0.29, 0.717) is 12.8 Å². The SMILES string of the molecule is CC/C=C/C=C/C=C/C=C/CCCCCC(=O)OC(COC(=O)CCCCCCC/C=C/CCCCCCCCC)CO[C@@H]1O[C@H](CO[C@@H]2O[C@H](CO)[C@H](O)C(O)C2O)[C@H](O)C(O)C1O. The molecule has 374 valence electrons. The van der Waals surface area contributed by atoms with Crippen LogP contribution in [0.4, 0.5) is 0 Å². The molecule has 0 spiro atoms. The summed E-state index contributed by atoms with van der Waals surface area (Å²) in [6.07, 6.45) is 24.0. The highest BCUT2D eigenvalue weighted by Gasteiger charge is 2.47. The Kier molecular flexibility index (Phi) is 33.4. The van der Waals surface area contributed by atoms with Crippen molar-refractivity contribution >= 4 is 11.9 Å². The number of unbranched alkanes of at least 4 members (excludes halogenated alkanes) is 15. The van der Waals surface area contributed by atoms with Gasteiger partial charge in [0.2, 0.25) is 0 Å². The maximum atomic E-state index is 12.9. The molecule has 0 aromatic rings. The van der Waals surface area contributed by atoms with Crippen LogP contribution in [0.2, 0.25) is 0 Å². The van der Waals surface area contributed by atoms with Crippen LogP contribution in [0.15, 0.2) is 60.8 Å². The minimum absolute atomic E-state index is 0.115. The number of aliphatic hydroxyl groups is 7. The average Bonchev–Trinajstić information content (AvgIpc) is 3.30. The fourth-order valence-electron chi connectivity index (χ4n) is 7.28. The molecule has 0 aromatic carbocycles. The molecule has 0 radical (unpaired) electrons. The normalized spacial score (nSPS) is 26.9. The summed E-state index contributed by atoms with van der Waals surface area (Å²) in [4.78, 5) is 25.7. The highest BCUT2D eigenvalue weighted by Crippen LogP contribution is 2.26. The second-order valence-corrected chi connectivity index (χ2v) is 17.0. The smallest absolute Gasteiger partial charge is 0.306 e. The van der Waals surface area contributed by atoms with Crippen molar-refractivity contribution in [2.75, 3.05) is 26.4 Å². The Labute approximate surface area is 388 Å². The first kappa shape index (κ1) is 58.3. The molecule has 0 aromatic heterocycles. The second kappa shape index (κ2) is 37.2. The van der Waals surface area contributed by atoms with Gasteiger partial charge in [-0.15, -0.1) is 0 Å². The Hall–Kier alpha value is -2.80. The van der Waals surface area contributed by atoms with Gasteiger partial charge in [-0.2, -0.15) is 0 Å². The fraction of sp³-hybridized carbons (Fsp3) is 0.760. The van der Waals surface area contributed by atoms with Gasteiger partial charge in [0.25, 0.3) is 0 Å². The number of ether oxygens (including phenoxy) is 6. The zero-order valence-electron chi connectivity index (χ0n) is 39.2. The summed E-state index contributed by atoms with van der Waals surface area (Å²) in [5, 5.41) is 72.0. The summed E-state index contributed by atoms with van der Waals surface area (Å²) >= 11 is 0. The lowest BCUT2D eigenvalue weighted by molar-refractivity contribution is -0.332. The van der Waals surface area contributed by atoms with Crippen LogP contribution in [-0.2, 0) is 38.0 Å². The summed E-state index contributed by atoms with van der Waals surface area (Å²) in [6.45, 7) is 2.37. The quantitative estimate of drug-likeness (QED) is 0.0163. The number of rotatable bonds is 36. The van der Waals surface area contributed by atoms with Gasteiger partial charge in [0, 0.05) is 12.8 Å². The van der Waals surface area contributed by atoms with E-state index in [1.54, 1.807) is 0 Å². The van der Waals surface area contributed by atoms with Crippen molar-refractivity contribution < 1.29 is 73.8 Å². The Balaban J connectivity index is 1.85. The molecule has 15 nitrogen and oxygen atoms in total. The number of carbonyl (C=O) groups excluding carboxylic acids is 2. The molecule has 2 saturated heterocycles. The summed E-state index contributed by atoms with van der Waals surface area (Å²) in [7, 11) is 0. The molecule has 0 saturated carbocycles. The average molecular weight is 925 g/mol. The lowest BCUT2D eigenvalue weighted by atomic mass is 9.98. The molecule has 15 heteroatoms. The fourth-order valence-corrected chi connectivity index (χ4v) is 7.28. The van der Waals surface area contributed by atoms with E-state index in [1.165, 1.54) is 44.9 Å². The molecule has 65 heavy (non-hydrogen) atoms. The van der Waals surface area contributed by atoms with E-state index in [4.69, 9.17) is 28.4 Å². The van der Waals surface area contributed by atoms with Crippen LogP contribution in [0.25, 0.3) is 0 Å². The van der Waals surface area contributed by atoms with E-state index in [2.05, 4.69) is 38.2 Å². The predicted molar refractivity (Wildman–Crippen MR) is 247 cm³/mol. The summed E-state index contributed by atoms with van der Waals surface area (Å²) in [5.41, 5.74) is 0. The van der Waals surface area contributed by atoms with Crippen LogP contribution in [0.5, 0.6) is 0 Å². The monoisotopic (exact) mass is 925 g/mol. The van der Waals surface area contributed by atoms with Gasteiger partial charge in [0.15, 0.2) is 18.7 Å². The van der Waals surface area contributed by atoms with E-state index in [-0.39, 0.29) is 19.4 Å². The van der Waals surface area contributed by atoms with Gasteiger partial charge in [-0.25, -0.2) is 0 Å². The van der Waals surface area contributed by atoms with Crippen molar-refractivity contribution in [3.63, 3.8) is 0 Å². The molecule has 2 rings (SSSR count). The van der Waals surface area contributed by atoms with Gasteiger partial charge in [-0.05, 0) is 57.8 Å². The molecule has 2 heterocycles. The first-order valence-electron chi connectivity index (χ1n) is 24.4. The van der Waals surface area contributed by atoms with Crippen molar-refractivity contribution in [1.29, 1.82) is 0 Å². The number of esters is 2. The van der Waals surface area contributed by atoms with Crippen LogP contribution in [-0.4, -0.2) is 142 Å². The van der Waals surface area contributed by atoms with Gasteiger partial charge >= 0.3 is 11.9 Å². The van der Waals surface area contributed by atoms with Crippen molar-refractivity contribution in [2.45, 2.75) is 216 Å². The minimum Gasteiger partial charge on any atom is -0.462 e. The third-order valence-corrected chi connectivity index (χ3v) is 11.3. The number of aliphatic hydroxyl groups excluding tert-OH is 7. The maximum Gasteiger partial charge on any atom is 0.306 e. The minimum atomic E-state index is -1.78. The Morgan fingerprint density at radius 3 is 1.58 bits per heavy atom. The number of allylic oxidation sites excluding steroid dienone is 10. The van der Waals surface area contributed by atoms with E-state index < -0.39 is 99.3 Å². The Morgan fingerprint density at radius 2 is 0.985 bits per heavy atom. The van der Waals surface area contributed by atoms with Crippen molar-refractivity contribution in [2.24, 2.45) is 0 Å². The molecule has 7 N–H and O–H groups in total. The zero-order valence-corrected chi connectivity index (χ0v) is 39.2. The molecule has 11 atom stereocenters. The predicted octanol–water partition coefficient (Wildman–Crippen LogP) is 6.10. The second-order valence-electron chi connectivity index (χ2n) is 17.0. The van der Waals surface area contributed by atoms with Gasteiger partial charge in [-0.3, -0.25) is 9.59 Å². The van der Waals surface area contributed by atoms with Crippen LogP contribution >= 0.6 is 0 Å². The molecular formula is C50H84O15. The standard InChI is InChI=1S/C50H84O15/c1-3-5-7-9-11-13-15-17-18-19-21-22-24-26-28-30-32-41(52)60-35-38(63-42(53)33-31-29-27-25-23-20-16-14-12-10-8-6-4-2)36-61-49-48(59)46(57)44(55)40(65-49)37-62-50-47(58)45(56)43(54)39(34-51)64-50/h6,8,10,12,14,16,18-20,23,38-40,43-51,54-59H,3-5,7,9,11,13,15,17,21-22,24-37H2,1-2H3/b8-6+,12-10+,16-14+,19-18+,23-20+/t38?,39-,40-,43+,44+,45?,46?,47?,48?,49-,50-/m1/s1. The maximum absolute atomic E-state index is 12.9. The van der Waals surface area contributed by atoms with E-state index >= 15 is 0 Å². The van der Waals surface area contributed by atoms with Crippen LogP contribution in [0.3, 0.4) is 0 Å².